The summed E-state index contributed by atoms with van der Waals surface area (Å²) in [5.74, 6) is 2.07. The third kappa shape index (κ3) is 5.29. The summed E-state index contributed by atoms with van der Waals surface area (Å²) in [6.07, 6.45) is 2.93. The maximum atomic E-state index is 12.3. The SMILES string of the molecule is CCCNCc1ccc(S(=O)(=O)NC2CCSCC2)cc1. The van der Waals surface area contributed by atoms with Gasteiger partial charge in [-0.1, -0.05) is 19.1 Å². The highest BCUT2D eigenvalue weighted by Gasteiger charge is 2.21. The zero-order valence-electron chi connectivity index (χ0n) is 12.5. The van der Waals surface area contributed by atoms with E-state index < -0.39 is 10.0 Å². The Morgan fingerprint density at radius 3 is 2.48 bits per heavy atom. The molecule has 0 spiro atoms. The van der Waals surface area contributed by atoms with Crippen LogP contribution in [0, 0.1) is 0 Å². The van der Waals surface area contributed by atoms with Crippen LogP contribution in [0.15, 0.2) is 29.2 Å². The van der Waals surface area contributed by atoms with Gasteiger partial charge in [0.05, 0.1) is 4.90 Å². The fourth-order valence-electron chi connectivity index (χ4n) is 2.30. The molecule has 0 bridgehead atoms. The van der Waals surface area contributed by atoms with Crippen LogP contribution in [0.4, 0.5) is 0 Å². The van der Waals surface area contributed by atoms with Crippen molar-refractivity contribution in [2.75, 3.05) is 18.1 Å². The van der Waals surface area contributed by atoms with E-state index in [0.29, 0.717) is 4.90 Å². The van der Waals surface area contributed by atoms with Crippen molar-refractivity contribution in [1.29, 1.82) is 0 Å². The van der Waals surface area contributed by atoms with E-state index in [4.69, 9.17) is 0 Å². The van der Waals surface area contributed by atoms with Gasteiger partial charge in [0.2, 0.25) is 10.0 Å². The van der Waals surface area contributed by atoms with Crippen LogP contribution in [-0.4, -0.2) is 32.5 Å². The third-order valence-corrected chi connectivity index (χ3v) is 6.12. The molecule has 1 saturated heterocycles. The van der Waals surface area contributed by atoms with Crippen molar-refractivity contribution in [2.24, 2.45) is 0 Å². The minimum absolute atomic E-state index is 0.0853. The average Bonchev–Trinajstić information content (AvgIpc) is 2.49. The van der Waals surface area contributed by atoms with Gasteiger partial charge in [-0.05, 0) is 55.0 Å². The zero-order chi connectivity index (χ0) is 15.1. The van der Waals surface area contributed by atoms with E-state index in [0.717, 1.165) is 49.4 Å². The monoisotopic (exact) mass is 328 g/mol. The van der Waals surface area contributed by atoms with Crippen LogP contribution >= 0.6 is 11.8 Å². The Morgan fingerprint density at radius 1 is 1.19 bits per heavy atom. The van der Waals surface area contributed by atoms with Gasteiger partial charge in [-0.15, -0.1) is 0 Å². The molecule has 1 aromatic rings. The van der Waals surface area contributed by atoms with Gasteiger partial charge in [-0.3, -0.25) is 0 Å². The highest BCUT2D eigenvalue weighted by Crippen LogP contribution is 2.19. The second-order valence-electron chi connectivity index (χ2n) is 5.33. The predicted molar refractivity (Wildman–Crippen MR) is 89.1 cm³/mol. The largest absolute Gasteiger partial charge is 0.313 e. The number of thioether (sulfide) groups is 1. The fraction of sp³-hybridized carbons (Fsp3) is 0.600. The summed E-state index contributed by atoms with van der Waals surface area (Å²) < 4.78 is 27.5. The van der Waals surface area contributed by atoms with Crippen LogP contribution in [-0.2, 0) is 16.6 Å². The molecule has 21 heavy (non-hydrogen) atoms. The van der Waals surface area contributed by atoms with Crippen molar-refractivity contribution in [2.45, 2.75) is 43.7 Å². The molecule has 1 heterocycles. The van der Waals surface area contributed by atoms with Crippen molar-refractivity contribution < 1.29 is 8.42 Å². The molecule has 1 aliphatic heterocycles. The number of nitrogens with one attached hydrogen (secondary N) is 2. The molecule has 0 aromatic heterocycles. The van der Waals surface area contributed by atoms with Crippen molar-refractivity contribution in [3.8, 4) is 0 Å². The molecule has 0 aliphatic carbocycles. The molecule has 6 heteroatoms. The van der Waals surface area contributed by atoms with E-state index in [9.17, 15) is 8.42 Å². The second kappa shape index (κ2) is 8.17. The first-order valence-electron chi connectivity index (χ1n) is 7.51. The van der Waals surface area contributed by atoms with Gasteiger partial charge >= 0.3 is 0 Å². The molecule has 4 nitrogen and oxygen atoms in total. The van der Waals surface area contributed by atoms with Crippen molar-refractivity contribution >= 4 is 21.8 Å². The molecule has 2 rings (SSSR count). The minimum Gasteiger partial charge on any atom is -0.313 e. The lowest BCUT2D eigenvalue weighted by atomic mass is 10.2. The summed E-state index contributed by atoms with van der Waals surface area (Å²) in [6, 6.07) is 7.25. The van der Waals surface area contributed by atoms with Gasteiger partial charge in [-0.25, -0.2) is 13.1 Å². The van der Waals surface area contributed by atoms with Crippen molar-refractivity contribution in [3.63, 3.8) is 0 Å². The first-order valence-corrected chi connectivity index (χ1v) is 10.2. The molecule has 0 saturated carbocycles. The van der Waals surface area contributed by atoms with Crippen molar-refractivity contribution in [3.05, 3.63) is 29.8 Å². The lowest BCUT2D eigenvalue weighted by Crippen LogP contribution is -2.37. The highest BCUT2D eigenvalue weighted by molar-refractivity contribution is 7.99. The molecule has 1 aromatic carbocycles. The third-order valence-electron chi connectivity index (χ3n) is 3.53. The Balaban J connectivity index is 1.95. The Morgan fingerprint density at radius 2 is 1.86 bits per heavy atom. The van der Waals surface area contributed by atoms with E-state index in [2.05, 4.69) is 17.0 Å². The Bertz CT molecular complexity index is 523. The number of sulfonamides is 1. The van der Waals surface area contributed by atoms with Gasteiger partial charge in [-0.2, -0.15) is 11.8 Å². The second-order valence-corrected chi connectivity index (χ2v) is 8.27. The number of hydrogen-bond donors (Lipinski definition) is 2. The summed E-state index contributed by atoms with van der Waals surface area (Å²) in [4.78, 5) is 0.361. The first kappa shape index (κ1) is 16.8. The van der Waals surface area contributed by atoms with E-state index in [1.165, 1.54) is 0 Å². The molecule has 0 unspecified atom stereocenters. The number of benzene rings is 1. The van der Waals surface area contributed by atoms with Crippen LogP contribution in [0.1, 0.15) is 31.7 Å². The Labute approximate surface area is 132 Å². The Hall–Kier alpha value is -0.560. The summed E-state index contributed by atoms with van der Waals surface area (Å²) >= 11 is 1.89. The van der Waals surface area contributed by atoms with Crippen LogP contribution in [0.25, 0.3) is 0 Å². The molecule has 1 fully saturated rings. The molecule has 0 amide bonds. The number of hydrogen-bond acceptors (Lipinski definition) is 4. The quantitative estimate of drug-likeness (QED) is 0.755. The van der Waals surface area contributed by atoms with Gasteiger partial charge < -0.3 is 5.32 Å². The average molecular weight is 329 g/mol. The molecular weight excluding hydrogens is 304 g/mol. The normalized spacial score (nSPS) is 17.0. The van der Waals surface area contributed by atoms with Gasteiger partial charge in [0.15, 0.2) is 0 Å². The maximum Gasteiger partial charge on any atom is 0.240 e. The molecule has 1 aliphatic rings. The highest BCUT2D eigenvalue weighted by atomic mass is 32.2. The van der Waals surface area contributed by atoms with Gasteiger partial charge in [0.1, 0.15) is 0 Å². The van der Waals surface area contributed by atoms with E-state index in [-0.39, 0.29) is 6.04 Å². The van der Waals surface area contributed by atoms with E-state index in [1.807, 2.05) is 23.9 Å². The molecule has 2 N–H and O–H groups in total. The predicted octanol–water partition coefficient (Wildman–Crippen LogP) is 2.36. The molecular formula is C15H24N2O2S2. The maximum absolute atomic E-state index is 12.3. The summed E-state index contributed by atoms with van der Waals surface area (Å²) in [5, 5.41) is 3.31. The lowest BCUT2D eigenvalue weighted by Gasteiger charge is -2.22. The summed E-state index contributed by atoms with van der Waals surface area (Å²) in [7, 11) is -3.38. The molecule has 0 atom stereocenters. The van der Waals surface area contributed by atoms with Crippen LogP contribution in [0.5, 0.6) is 0 Å². The Kier molecular flexibility index (Phi) is 6.54. The van der Waals surface area contributed by atoms with Crippen LogP contribution < -0.4 is 10.0 Å². The van der Waals surface area contributed by atoms with Gasteiger partial charge in [0.25, 0.3) is 0 Å². The summed E-state index contributed by atoms with van der Waals surface area (Å²) in [6.45, 7) is 3.88. The van der Waals surface area contributed by atoms with Gasteiger partial charge in [0, 0.05) is 12.6 Å². The van der Waals surface area contributed by atoms with Crippen LogP contribution in [0.3, 0.4) is 0 Å². The zero-order valence-corrected chi connectivity index (χ0v) is 14.1. The number of rotatable bonds is 7. The minimum atomic E-state index is -3.38. The van der Waals surface area contributed by atoms with E-state index >= 15 is 0 Å². The lowest BCUT2D eigenvalue weighted by molar-refractivity contribution is 0.529. The summed E-state index contributed by atoms with van der Waals surface area (Å²) in [5.41, 5.74) is 1.11. The smallest absolute Gasteiger partial charge is 0.240 e. The standard InChI is InChI=1S/C15H24N2O2S2/c1-2-9-16-12-13-3-5-15(6-4-13)21(18,19)17-14-7-10-20-11-8-14/h3-6,14,16-17H,2,7-12H2,1H3. The van der Waals surface area contributed by atoms with E-state index in [1.54, 1.807) is 12.1 Å². The van der Waals surface area contributed by atoms with Crippen LogP contribution in [0.2, 0.25) is 0 Å². The molecule has 118 valence electrons. The topological polar surface area (TPSA) is 58.2 Å². The fourth-order valence-corrected chi connectivity index (χ4v) is 4.71. The first-order chi connectivity index (χ1) is 10.1. The molecule has 0 radical (unpaired) electrons. The van der Waals surface area contributed by atoms with Crippen molar-refractivity contribution in [1.82, 2.24) is 10.0 Å².